The van der Waals surface area contributed by atoms with Crippen LogP contribution in [0.4, 0.5) is 0 Å². The van der Waals surface area contributed by atoms with Gasteiger partial charge in [-0.1, -0.05) is 0 Å². The minimum atomic E-state index is -0.942. The van der Waals surface area contributed by atoms with Gasteiger partial charge in [-0.05, 0) is 25.3 Å². The van der Waals surface area contributed by atoms with Crippen LogP contribution in [0, 0.1) is 0 Å². The summed E-state index contributed by atoms with van der Waals surface area (Å²) in [5, 5.41) is 12.0. The van der Waals surface area contributed by atoms with Gasteiger partial charge in [0.25, 0.3) is 0 Å². The van der Waals surface area contributed by atoms with Gasteiger partial charge in [0.1, 0.15) is 0 Å². The molecule has 0 aliphatic rings. The Morgan fingerprint density at radius 3 is 2.88 bits per heavy atom. The van der Waals surface area contributed by atoms with Crippen molar-refractivity contribution in [2.75, 3.05) is 12.0 Å². The number of hydrogen-bond donors (Lipinski definition) is 2. The molecule has 0 aliphatic heterocycles. The lowest BCUT2D eigenvalue weighted by molar-refractivity contribution is 0.0696. The van der Waals surface area contributed by atoms with Crippen molar-refractivity contribution < 1.29 is 9.90 Å². The average molecular weight is 240 g/mol. The van der Waals surface area contributed by atoms with Crippen LogP contribution in [0.1, 0.15) is 23.0 Å². The van der Waals surface area contributed by atoms with Crippen LogP contribution in [0.2, 0.25) is 0 Å². The van der Waals surface area contributed by atoms with E-state index in [9.17, 15) is 4.79 Å². The Hall–Kier alpha value is -1.07. The molecule has 0 fully saturated rings. The Balaban J connectivity index is 2.46. The molecule has 88 valence electrons. The zero-order chi connectivity index (χ0) is 12.0. The zero-order valence-corrected chi connectivity index (χ0v) is 10.3. The van der Waals surface area contributed by atoms with Gasteiger partial charge in [0.05, 0.1) is 11.3 Å². The van der Waals surface area contributed by atoms with Crippen LogP contribution in [-0.4, -0.2) is 34.1 Å². The Kier molecular flexibility index (Phi) is 5.28. The van der Waals surface area contributed by atoms with E-state index in [1.807, 2.05) is 0 Å². The largest absolute Gasteiger partial charge is 0.478 e. The van der Waals surface area contributed by atoms with Crippen molar-refractivity contribution in [1.82, 2.24) is 10.3 Å². The Labute approximate surface area is 99.5 Å². The summed E-state index contributed by atoms with van der Waals surface area (Å²) < 4.78 is 0. The Bertz CT molecular complexity index is 340. The molecule has 0 saturated carbocycles. The quantitative estimate of drug-likeness (QED) is 0.791. The number of carboxylic acids is 1. The van der Waals surface area contributed by atoms with Gasteiger partial charge < -0.3 is 10.4 Å². The fraction of sp³-hybridized carbons (Fsp3) is 0.455. The highest BCUT2D eigenvalue weighted by atomic mass is 32.2. The summed E-state index contributed by atoms with van der Waals surface area (Å²) in [5.41, 5.74) is 1.08. The third kappa shape index (κ3) is 4.20. The normalized spacial score (nSPS) is 12.4. The number of nitrogens with zero attached hydrogens (tertiary/aromatic N) is 1. The van der Waals surface area contributed by atoms with Crippen LogP contribution < -0.4 is 5.32 Å². The lowest BCUT2D eigenvalue weighted by Gasteiger charge is -2.11. The standard InChI is InChI=1S/C11H16N2O2S/c1-8(7-16-2)12-6-10-4-3-9(5-13-10)11(14)15/h3-5,8,12H,6-7H2,1-2H3,(H,14,15). The van der Waals surface area contributed by atoms with Gasteiger partial charge in [-0.3, -0.25) is 4.98 Å². The minimum absolute atomic E-state index is 0.223. The first-order valence-electron chi connectivity index (χ1n) is 5.04. The maximum Gasteiger partial charge on any atom is 0.337 e. The first-order valence-corrected chi connectivity index (χ1v) is 6.43. The lowest BCUT2D eigenvalue weighted by Crippen LogP contribution is -2.27. The van der Waals surface area contributed by atoms with Gasteiger partial charge in [-0.2, -0.15) is 11.8 Å². The molecular weight excluding hydrogens is 224 g/mol. The average Bonchev–Trinajstić information content (AvgIpc) is 2.27. The number of nitrogens with one attached hydrogen (secondary N) is 1. The van der Waals surface area contributed by atoms with Gasteiger partial charge in [0.15, 0.2) is 0 Å². The summed E-state index contributed by atoms with van der Waals surface area (Å²) in [4.78, 5) is 14.7. The number of rotatable bonds is 6. The second-order valence-corrected chi connectivity index (χ2v) is 4.49. The molecule has 1 aromatic heterocycles. The van der Waals surface area contributed by atoms with Crippen molar-refractivity contribution in [2.24, 2.45) is 0 Å². The summed E-state index contributed by atoms with van der Waals surface area (Å²) in [6, 6.07) is 3.74. The number of hydrogen-bond acceptors (Lipinski definition) is 4. The number of aromatic carboxylic acids is 1. The molecule has 5 heteroatoms. The van der Waals surface area contributed by atoms with E-state index in [0.29, 0.717) is 12.6 Å². The van der Waals surface area contributed by atoms with E-state index in [-0.39, 0.29) is 5.56 Å². The van der Waals surface area contributed by atoms with E-state index >= 15 is 0 Å². The molecule has 1 rings (SSSR count). The van der Waals surface area contributed by atoms with E-state index in [1.165, 1.54) is 6.20 Å². The molecule has 16 heavy (non-hydrogen) atoms. The molecule has 0 spiro atoms. The number of aromatic nitrogens is 1. The monoisotopic (exact) mass is 240 g/mol. The summed E-state index contributed by atoms with van der Waals surface area (Å²) >= 11 is 1.79. The van der Waals surface area contributed by atoms with E-state index < -0.39 is 5.97 Å². The molecule has 0 saturated heterocycles. The van der Waals surface area contributed by atoms with E-state index in [2.05, 4.69) is 23.5 Å². The van der Waals surface area contributed by atoms with Gasteiger partial charge in [0, 0.05) is 24.5 Å². The maximum absolute atomic E-state index is 10.6. The molecular formula is C11H16N2O2S. The molecule has 1 heterocycles. The molecule has 0 radical (unpaired) electrons. The fourth-order valence-corrected chi connectivity index (χ4v) is 1.86. The topological polar surface area (TPSA) is 62.2 Å². The predicted octanol–water partition coefficient (Wildman–Crippen LogP) is 1.62. The van der Waals surface area contributed by atoms with Crippen molar-refractivity contribution in [3.63, 3.8) is 0 Å². The van der Waals surface area contributed by atoms with Gasteiger partial charge in [-0.25, -0.2) is 4.79 Å². The molecule has 0 amide bonds. The molecule has 1 unspecified atom stereocenters. The number of thioether (sulfide) groups is 1. The third-order valence-corrected chi connectivity index (χ3v) is 2.95. The van der Waals surface area contributed by atoms with Crippen LogP contribution in [0.15, 0.2) is 18.3 Å². The number of carboxylic acid groups (broad SMARTS) is 1. The van der Waals surface area contributed by atoms with E-state index in [0.717, 1.165) is 11.4 Å². The van der Waals surface area contributed by atoms with Crippen molar-refractivity contribution in [3.8, 4) is 0 Å². The Morgan fingerprint density at radius 1 is 1.62 bits per heavy atom. The zero-order valence-electron chi connectivity index (χ0n) is 9.43. The molecule has 0 bridgehead atoms. The molecule has 4 nitrogen and oxygen atoms in total. The molecule has 0 aromatic carbocycles. The van der Waals surface area contributed by atoms with Crippen LogP contribution in [-0.2, 0) is 6.54 Å². The smallest absolute Gasteiger partial charge is 0.337 e. The first kappa shape index (κ1) is 13.0. The van der Waals surface area contributed by atoms with Crippen LogP contribution >= 0.6 is 11.8 Å². The van der Waals surface area contributed by atoms with Gasteiger partial charge in [-0.15, -0.1) is 0 Å². The first-order chi connectivity index (χ1) is 7.63. The second kappa shape index (κ2) is 6.50. The van der Waals surface area contributed by atoms with Gasteiger partial charge >= 0.3 is 5.97 Å². The van der Waals surface area contributed by atoms with Crippen molar-refractivity contribution >= 4 is 17.7 Å². The van der Waals surface area contributed by atoms with E-state index in [1.54, 1.807) is 23.9 Å². The number of carbonyl (C=O) groups is 1. The highest BCUT2D eigenvalue weighted by molar-refractivity contribution is 7.98. The lowest BCUT2D eigenvalue weighted by atomic mass is 10.2. The van der Waals surface area contributed by atoms with Crippen molar-refractivity contribution in [2.45, 2.75) is 19.5 Å². The summed E-state index contributed by atoms with van der Waals surface area (Å²) in [6.45, 7) is 2.78. The van der Waals surface area contributed by atoms with Crippen molar-refractivity contribution in [3.05, 3.63) is 29.6 Å². The SMILES string of the molecule is CSCC(C)NCc1ccc(C(=O)O)cn1. The second-order valence-electron chi connectivity index (χ2n) is 3.58. The highest BCUT2D eigenvalue weighted by Gasteiger charge is 2.04. The van der Waals surface area contributed by atoms with Crippen LogP contribution in [0.5, 0.6) is 0 Å². The van der Waals surface area contributed by atoms with E-state index in [4.69, 9.17) is 5.11 Å². The third-order valence-electron chi connectivity index (χ3n) is 2.12. The maximum atomic E-state index is 10.6. The number of pyridine rings is 1. The summed E-state index contributed by atoms with van der Waals surface area (Å²) in [7, 11) is 0. The van der Waals surface area contributed by atoms with Crippen LogP contribution in [0.25, 0.3) is 0 Å². The summed E-state index contributed by atoms with van der Waals surface area (Å²) in [5.74, 6) is 0.107. The summed E-state index contributed by atoms with van der Waals surface area (Å²) in [6.07, 6.45) is 3.46. The van der Waals surface area contributed by atoms with Crippen LogP contribution in [0.3, 0.4) is 0 Å². The Morgan fingerprint density at radius 2 is 2.38 bits per heavy atom. The van der Waals surface area contributed by atoms with Gasteiger partial charge in [0.2, 0.25) is 0 Å². The molecule has 1 atom stereocenters. The molecule has 2 N–H and O–H groups in total. The molecule has 1 aromatic rings. The van der Waals surface area contributed by atoms with Crippen molar-refractivity contribution in [1.29, 1.82) is 0 Å². The molecule has 0 aliphatic carbocycles. The minimum Gasteiger partial charge on any atom is -0.478 e. The fourth-order valence-electron chi connectivity index (χ4n) is 1.24. The highest BCUT2D eigenvalue weighted by Crippen LogP contribution is 2.02. The predicted molar refractivity (Wildman–Crippen MR) is 65.9 cm³/mol.